The van der Waals surface area contributed by atoms with E-state index in [-0.39, 0.29) is 11.5 Å². The van der Waals surface area contributed by atoms with E-state index in [2.05, 4.69) is 19.1 Å². The maximum atomic E-state index is 12.9. The molecule has 0 bridgehead atoms. The van der Waals surface area contributed by atoms with E-state index in [0.717, 1.165) is 17.7 Å². The van der Waals surface area contributed by atoms with Crippen molar-refractivity contribution in [1.82, 2.24) is 0 Å². The molecule has 0 radical (unpaired) electrons. The predicted molar refractivity (Wildman–Crippen MR) is 132 cm³/mol. The van der Waals surface area contributed by atoms with Crippen LogP contribution in [0, 0.1) is 0 Å². The topological polar surface area (TPSA) is 70.8 Å². The first-order chi connectivity index (χ1) is 15.5. The van der Waals surface area contributed by atoms with Crippen LogP contribution in [0.4, 0.5) is 5.69 Å². The maximum Gasteiger partial charge on any atom is 0.335 e. The van der Waals surface area contributed by atoms with Gasteiger partial charge in [-0.25, -0.2) is 4.79 Å². The van der Waals surface area contributed by atoms with Gasteiger partial charge in [-0.15, -0.1) is 0 Å². The smallest absolute Gasteiger partial charge is 0.335 e. The van der Waals surface area contributed by atoms with E-state index in [4.69, 9.17) is 21.7 Å². The van der Waals surface area contributed by atoms with Gasteiger partial charge >= 0.3 is 5.97 Å². The molecule has 1 aromatic heterocycles. The summed E-state index contributed by atoms with van der Waals surface area (Å²) in [6, 6.07) is 18.1. The van der Waals surface area contributed by atoms with Crippen LogP contribution >= 0.6 is 24.0 Å². The number of amides is 1. The van der Waals surface area contributed by atoms with Gasteiger partial charge in [-0.2, -0.15) is 0 Å². The van der Waals surface area contributed by atoms with Crippen LogP contribution in [0.1, 0.15) is 41.4 Å². The number of benzene rings is 2. The van der Waals surface area contributed by atoms with Crippen molar-refractivity contribution in [1.29, 1.82) is 0 Å². The summed E-state index contributed by atoms with van der Waals surface area (Å²) in [5, 5.41) is 9.05. The standard InChI is InChI=1S/C25H21NO4S2/c1-2-3-4-16-5-7-17(8-6-16)21-14-13-20(30-21)15-22-23(27)26(25(31)32-22)19-11-9-18(10-12-19)24(28)29/h5-15H,2-4H2,1H3,(H,28,29)/b22-15+. The molecule has 0 saturated carbocycles. The number of hydrogen-bond donors (Lipinski definition) is 1. The van der Waals surface area contributed by atoms with Gasteiger partial charge in [0.1, 0.15) is 11.5 Å². The number of furan rings is 1. The molecule has 0 aliphatic carbocycles. The Balaban J connectivity index is 1.51. The molecule has 1 fully saturated rings. The SMILES string of the molecule is CCCCc1ccc(-c2ccc(/C=C3/SC(=S)N(c4ccc(C(=O)O)cc4)C3=O)o2)cc1. The number of carbonyl (C=O) groups is 2. The van der Waals surface area contributed by atoms with Crippen LogP contribution < -0.4 is 4.90 Å². The Morgan fingerprint density at radius 3 is 2.47 bits per heavy atom. The molecule has 1 saturated heterocycles. The zero-order chi connectivity index (χ0) is 22.7. The largest absolute Gasteiger partial charge is 0.478 e. The molecule has 1 aliphatic rings. The van der Waals surface area contributed by atoms with Crippen molar-refractivity contribution >= 4 is 51.9 Å². The van der Waals surface area contributed by atoms with Gasteiger partial charge < -0.3 is 9.52 Å². The molecule has 0 atom stereocenters. The van der Waals surface area contributed by atoms with Gasteiger partial charge in [0.05, 0.1) is 16.2 Å². The lowest BCUT2D eigenvalue weighted by Crippen LogP contribution is -2.27. The van der Waals surface area contributed by atoms with E-state index in [1.54, 1.807) is 18.2 Å². The third kappa shape index (κ3) is 4.69. The lowest BCUT2D eigenvalue weighted by Gasteiger charge is -2.14. The van der Waals surface area contributed by atoms with Crippen LogP contribution in [0.25, 0.3) is 17.4 Å². The molecule has 1 N–H and O–H groups in total. The molecule has 3 aromatic rings. The second kappa shape index (κ2) is 9.54. The van der Waals surface area contributed by atoms with Crippen LogP contribution in [0.5, 0.6) is 0 Å². The number of unbranched alkanes of at least 4 members (excludes halogenated alkanes) is 1. The minimum absolute atomic E-state index is 0.149. The monoisotopic (exact) mass is 463 g/mol. The minimum Gasteiger partial charge on any atom is -0.478 e. The average Bonchev–Trinajstić information content (AvgIpc) is 3.37. The molecule has 5 nitrogen and oxygen atoms in total. The van der Waals surface area contributed by atoms with E-state index >= 15 is 0 Å². The summed E-state index contributed by atoms with van der Waals surface area (Å²) in [5.41, 5.74) is 2.97. The van der Waals surface area contributed by atoms with Gasteiger partial charge in [0.25, 0.3) is 5.91 Å². The molecular weight excluding hydrogens is 442 g/mol. The highest BCUT2D eigenvalue weighted by molar-refractivity contribution is 8.27. The number of carboxylic acids is 1. The van der Waals surface area contributed by atoms with Crippen LogP contribution in [-0.4, -0.2) is 21.3 Å². The fourth-order valence-corrected chi connectivity index (χ4v) is 4.65. The lowest BCUT2D eigenvalue weighted by atomic mass is 10.1. The Morgan fingerprint density at radius 1 is 1.09 bits per heavy atom. The molecule has 32 heavy (non-hydrogen) atoms. The number of rotatable bonds is 7. The first-order valence-corrected chi connectivity index (χ1v) is 11.5. The highest BCUT2D eigenvalue weighted by Gasteiger charge is 2.33. The Hall–Kier alpha value is -3.16. The molecule has 0 spiro atoms. The van der Waals surface area contributed by atoms with Crippen molar-refractivity contribution in [3.05, 3.63) is 82.5 Å². The summed E-state index contributed by atoms with van der Waals surface area (Å²) < 4.78 is 6.34. The summed E-state index contributed by atoms with van der Waals surface area (Å²) in [5.74, 6) is 0.0159. The van der Waals surface area contributed by atoms with Gasteiger partial charge in [-0.1, -0.05) is 61.6 Å². The quantitative estimate of drug-likeness (QED) is 0.323. The zero-order valence-corrected chi connectivity index (χ0v) is 19.0. The van der Waals surface area contributed by atoms with E-state index in [1.165, 1.54) is 47.2 Å². The maximum absolute atomic E-state index is 12.9. The molecule has 0 unspecified atom stereocenters. The molecule has 162 valence electrons. The molecular formula is C25H21NO4S2. The number of thiocarbonyl (C=S) groups is 1. The number of aromatic carboxylic acids is 1. The second-order valence-corrected chi connectivity index (χ2v) is 9.05. The van der Waals surface area contributed by atoms with Crippen LogP contribution in [-0.2, 0) is 11.2 Å². The third-order valence-electron chi connectivity index (χ3n) is 5.12. The zero-order valence-electron chi connectivity index (χ0n) is 17.4. The fourth-order valence-electron chi connectivity index (χ4n) is 3.37. The number of nitrogens with zero attached hydrogens (tertiary/aromatic N) is 1. The highest BCUT2D eigenvalue weighted by atomic mass is 32.2. The van der Waals surface area contributed by atoms with Gasteiger partial charge in [0.2, 0.25) is 0 Å². The van der Waals surface area contributed by atoms with Gasteiger partial charge in [-0.3, -0.25) is 9.69 Å². The summed E-state index contributed by atoms with van der Waals surface area (Å²) in [6.07, 6.45) is 5.10. The molecule has 2 aromatic carbocycles. The highest BCUT2D eigenvalue weighted by Crippen LogP contribution is 2.36. The first-order valence-electron chi connectivity index (χ1n) is 10.3. The predicted octanol–water partition coefficient (Wildman–Crippen LogP) is 6.39. The van der Waals surface area contributed by atoms with Gasteiger partial charge in [-0.05, 0) is 54.8 Å². The van der Waals surface area contributed by atoms with Crippen molar-refractivity contribution in [3.63, 3.8) is 0 Å². The van der Waals surface area contributed by atoms with E-state index in [1.807, 2.05) is 24.3 Å². The molecule has 1 amide bonds. The summed E-state index contributed by atoms with van der Waals surface area (Å²) in [6.45, 7) is 2.18. The van der Waals surface area contributed by atoms with Crippen molar-refractivity contribution < 1.29 is 19.1 Å². The minimum atomic E-state index is -1.02. The van der Waals surface area contributed by atoms with E-state index in [0.29, 0.717) is 20.7 Å². The number of carboxylic acid groups (broad SMARTS) is 1. The summed E-state index contributed by atoms with van der Waals surface area (Å²) in [4.78, 5) is 25.8. The van der Waals surface area contributed by atoms with Gasteiger partial charge in [0.15, 0.2) is 4.32 Å². The third-order valence-corrected chi connectivity index (χ3v) is 6.43. The van der Waals surface area contributed by atoms with E-state index in [9.17, 15) is 9.59 Å². The van der Waals surface area contributed by atoms with Crippen LogP contribution in [0.2, 0.25) is 0 Å². The Morgan fingerprint density at radius 2 is 1.81 bits per heavy atom. The van der Waals surface area contributed by atoms with Crippen molar-refractivity contribution in [2.75, 3.05) is 4.90 Å². The first kappa shape index (κ1) is 22.0. The molecule has 4 rings (SSSR count). The molecule has 2 heterocycles. The second-order valence-electron chi connectivity index (χ2n) is 7.37. The number of carbonyl (C=O) groups excluding carboxylic acids is 1. The Kier molecular flexibility index (Phi) is 6.58. The van der Waals surface area contributed by atoms with Crippen molar-refractivity contribution in [2.45, 2.75) is 26.2 Å². The Bertz CT molecular complexity index is 1190. The normalized spacial score (nSPS) is 15.0. The number of aryl methyl sites for hydroxylation is 1. The van der Waals surface area contributed by atoms with E-state index < -0.39 is 5.97 Å². The van der Waals surface area contributed by atoms with Crippen LogP contribution in [0.3, 0.4) is 0 Å². The van der Waals surface area contributed by atoms with Crippen LogP contribution in [0.15, 0.2) is 70.0 Å². The van der Waals surface area contributed by atoms with Crippen molar-refractivity contribution in [3.8, 4) is 11.3 Å². The fraction of sp³-hybridized carbons (Fsp3) is 0.160. The number of hydrogen-bond acceptors (Lipinski definition) is 5. The van der Waals surface area contributed by atoms with Crippen molar-refractivity contribution in [2.24, 2.45) is 0 Å². The average molecular weight is 464 g/mol. The summed E-state index contributed by atoms with van der Waals surface area (Å²) in [7, 11) is 0. The van der Waals surface area contributed by atoms with Gasteiger partial charge in [0, 0.05) is 11.6 Å². The molecule has 1 aliphatic heterocycles. The lowest BCUT2D eigenvalue weighted by molar-refractivity contribution is -0.113. The number of thioether (sulfide) groups is 1. The summed E-state index contributed by atoms with van der Waals surface area (Å²) >= 11 is 6.57. The molecule has 7 heteroatoms. The Labute approximate surface area is 195 Å². The number of anilines is 1.